The van der Waals surface area contributed by atoms with E-state index in [1.807, 2.05) is 20.8 Å². The van der Waals surface area contributed by atoms with Crippen molar-refractivity contribution in [3.05, 3.63) is 10.1 Å². The van der Waals surface area contributed by atoms with Gasteiger partial charge < -0.3 is 10.0 Å². The molecule has 0 aromatic carbocycles. The average Bonchev–Trinajstić information content (AvgIpc) is 2.15. The predicted octanol–water partition coefficient (Wildman–Crippen LogP) is 2.35. The summed E-state index contributed by atoms with van der Waals surface area (Å²) in [6.45, 7) is 5.54. The second kappa shape index (κ2) is 4.89. The normalized spacial score (nSPS) is 25.4. The number of hydrogen-bond acceptors (Lipinski definition) is 3. The molecule has 0 atom stereocenters. The lowest BCUT2D eigenvalue weighted by atomic mass is 9.88. The lowest BCUT2D eigenvalue weighted by Gasteiger charge is -2.41. The number of carbonyl (C=O) groups is 1. The Morgan fingerprint density at radius 3 is 2.06 bits per heavy atom. The van der Waals surface area contributed by atoms with Crippen LogP contribution in [0, 0.1) is 10.1 Å². The van der Waals surface area contributed by atoms with E-state index in [-0.39, 0.29) is 11.0 Å². The van der Waals surface area contributed by atoms with Gasteiger partial charge >= 0.3 is 6.09 Å². The van der Waals surface area contributed by atoms with Gasteiger partial charge in [0.15, 0.2) is 0 Å². The van der Waals surface area contributed by atoms with Crippen LogP contribution in [0.25, 0.3) is 0 Å². The Kier molecular flexibility index (Phi) is 3.95. The SMILES string of the molecule is CC(C)(C)N(C(=O)O)C1CCC([N+](=O)[O-])CC1. The van der Waals surface area contributed by atoms with Gasteiger partial charge in [0.2, 0.25) is 6.04 Å². The Labute approximate surface area is 101 Å². The molecule has 6 heteroatoms. The van der Waals surface area contributed by atoms with Crippen molar-refractivity contribution in [2.75, 3.05) is 0 Å². The van der Waals surface area contributed by atoms with Gasteiger partial charge in [0, 0.05) is 29.3 Å². The van der Waals surface area contributed by atoms with Crippen LogP contribution in [0.5, 0.6) is 0 Å². The summed E-state index contributed by atoms with van der Waals surface area (Å²) < 4.78 is 0. The Balaban J connectivity index is 2.68. The average molecular weight is 244 g/mol. The highest BCUT2D eigenvalue weighted by Gasteiger charge is 2.38. The fraction of sp³-hybridized carbons (Fsp3) is 0.909. The predicted molar refractivity (Wildman–Crippen MR) is 62.7 cm³/mol. The molecule has 98 valence electrons. The van der Waals surface area contributed by atoms with Crippen LogP contribution >= 0.6 is 0 Å². The zero-order chi connectivity index (χ0) is 13.2. The second-order valence-corrected chi connectivity index (χ2v) is 5.57. The summed E-state index contributed by atoms with van der Waals surface area (Å²) in [4.78, 5) is 23.1. The van der Waals surface area contributed by atoms with E-state index in [0.29, 0.717) is 25.7 Å². The van der Waals surface area contributed by atoms with Gasteiger partial charge in [-0.1, -0.05) is 0 Å². The fourth-order valence-corrected chi connectivity index (χ4v) is 2.52. The van der Waals surface area contributed by atoms with Crippen molar-refractivity contribution in [2.24, 2.45) is 0 Å². The molecule has 6 nitrogen and oxygen atoms in total. The van der Waals surface area contributed by atoms with Gasteiger partial charge in [-0.05, 0) is 33.6 Å². The van der Waals surface area contributed by atoms with Gasteiger partial charge in [0.25, 0.3) is 0 Å². The molecular weight excluding hydrogens is 224 g/mol. The zero-order valence-corrected chi connectivity index (χ0v) is 10.5. The minimum absolute atomic E-state index is 0.0938. The van der Waals surface area contributed by atoms with Gasteiger partial charge in [0.05, 0.1) is 0 Å². The molecule has 1 amide bonds. The van der Waals surface area contributed by atoms with Crippen LogP contribution in [0.4, 0.5) is 4.79 Å². The van der Waals surface area contributed by atoms with Crippen LogP contribution in [-0.4, -0.2) is 38.6 Å². The van der Waals surface area contributed by atoms with Gasteiger partial charge in [-0.3, -0.25) is 10.1 Å². The minimum Gasteiger partial charge on any atom is -0.465 e. The lowest BCUT2D eigenvalue weighted by Crippen LogP contribution is -2.52. The molecule has 0 spiro atoms. The maximum atomic E-state index is 11.3. The minimum atomic E-state index is -0.943. The van der Waals surface area contributed by atoms with Crippen LogP contribution in [0.1, 0.15) is 46.5 Å². The van der Waals surface area contributed by atoms with Crippen LogP contribution < -0.4 is 0 Å². The largest absolute Gasteiger partial charge is 0.465 e. The molecule has 0 aromatic heterocycles. The molecule has 17 heavy (non-hydrogen) atoms. The third-order valence-corrected chi connectivity index (χ3v) is 3.26. The highest BCUT2D eigenvalue weighted by Crippen LogP contribution is 2.29. The molecule has 0 aliphatic heterocycles. The Morgan fingerprint density at radius 2 is 1.76 bits per heavy atom. The van der Waals surface area contributed by atoms with Gasteiger partial charge in [-0.15, -0.1) is 0 Å². The van der Waals surface area contributed by atoms with Gasteiger partial charge in [0.1, 0.15) is 0 Å². The number of hydrogen-bond donors (Lipinski definition) is 1. The molecule has 0 bridgehead atoms. The van der Waals surface area contributed by atoms with E-state index >= 15 is 0 Å². The summed E-state index contributed by atoms with van der Waals surface area (Å²) >= 11 is 0. The first-order valence-electron chi connectivity index (χ1n) is 5.89. The van der Waals surface area contributed by atoms with E-state index in [4.69, 9.17) is 0 Å². The maximum Gasteiger partial charge on any atom is 0.407 e. The van der Waals surface area contributed by atoms with Gasteiger partial charge in [-0.2, -0.15) is 0 Å². The van der Waals surface area contributed by atoms with E-state index in [1.165, 1.54) is 4.90 Å². The molecule has 0 aromatic rings. The van der Waals surface area contributed by atoms with Crippen molar-refractivity contribution in [3.8, 4) is 0 Å². The fourth-order valence-electron chi connectivity index (χ4n) is 2.52. The molecule has 1 fully saturated rings. The van der Waals surface area contributed by atoms with E-state index in [9.17, 15) is 20.0 Å². The molecule has 1 saturated carbocycles. The van der Waals surface area contributed by atoms with Crippen molar-refractivity contribution in [3.63, 3.8) is 0 Å². The van der Waals surface area contributed by atoms with E-state index in [1.54, 1.807) is 0 Å². The summed E-state index contributed by atoms with van der Waals surface area (Å²) in [5, 5.41) is 19.9. The molecule has 1 N–H and O–H groups in total. The summed E-state index contributed by atoms with van der Waals surface area (Å²) in [5.74, 6) is 0. The molecule has 0 radical (unpaired) electrons. The van der Waals surface area contributed by atoms with Crippen LogP contribution in [0.15, 0.2) is 0 Å². The van der Waals surface area contributed by atoms with Crippen molar-refractivity contribution < 1.29 is 14.8 Å². The monoisotopic (exact) mass is 244 g/mol. The highest BCUT2D eigenvalue weighted by atomic mass is 16.6. The summed E-state index contributed by atoms with van der Waals surface area (Å²) in [5.41, 5.74) is -0.460. The smallest absolute Gasteiger partial charge is 0.407 e. The van der Waals surface area contributed by atoms with Crippen molar-refractivity contribution >= 4 is 6.09 Å². The third-order valence-electron chi connectivity index (χ3n) is 3.26. The number of nitrogens with zero attached hydrogens (tertiary/aromatic N) is 2. The number of carboxylic acid groups (broad SMARTS) is 1. The summed E-state index contributed by atoms with van der Waals surface area (Å²) in [7, 11) is 0. The molecular formula is C11H20N2O4. The second-order valence-electron chi connectivity index (χ2n) is 5.57. The van der Waals surface area contributed by atoms with Crippen molar-refractivity contribution in [1.82, 2.24) is 4.90 Å². The maximum absolute atomic E-state index is 11.3. The number of rotatable bonds is 2. The standard InChI is InChI=1S/C11H20N2O4/c1-11(2,3)12(10(14)15)8-4-6-9(7-5-8)13(16)17/h8-9H,4-7H2,1-3H3,(H,14,15). The highest BCUT2D eigenvalue weighted by molar-refractivity contribution is 5.66. The Bertz CT molecular complexity index is 303. The van der Waals surface area contributed by atoms with Crippen LogP contribution in [0.3, 0.4) is 0 Å². The van der Waals surface area contributed by atoms with Crippen LogP contribution in [-0.2, 0) is 0 Å². The lowest BCUT2D eigenvalue weighted by molar-refractivity contribution is -0.526. The molecule has 0 unspecified atom stereocenters. The first-order chi connectivity index (χ1) is 7.73. The van der Waals surface area contributed by atoms with Gasteiger partial charge in [-0.25, -0.2) is 4.79 Å². The van der Waals surface area contributed by atoms with E-state index in [2.05, 4.69) is 0 Å². The summed E-state index contributed by atoms with van der Waals surface area (Å²) in [6, 6.07) is -0.592. The molecule has 0 heterocycles. The molecule has 1 rings (SSSR count). The van der Waals surface area contributed by atoms with Crippen molar-refractivity contribution in [1.29, 1.82) is 0 Å². The summed E-state index contributed by atoms with van der Waals surface area (Å²) in [6.07, 6.45) is 1.15. The Morgan fingerprint density at radius 1 is 1.29 bits per heavy atom. The first kappa shape index (κ1) is 13.7. The third kappa shape index (κ3) is 3.31. The molecule has 1 aliphatic rings. The topological polar surface area (TPSA) is 83.7 Å². The number of nitro groups is 1. The molecule has 0 saturated heterocycles. The van der Waals surface area contributed by atoms with Crippen LogP contribution in [0.2, 0.25) is 0 Å². The molecule has 1 aliphatic carbocycles. The van der Waals surface area contributed by atoms with E-state index in [0.717, 1.165) is 0 Å². The number of amides is 1. The zero-order valence-electron chi connectivity index (χ0n) is 10.5. The quantitative estimate of drug-likeness (QED) is 0.597. The van der Waals surface area contributed by atoms with Crippen molar-refractivity contribution in [2.45, 2.75) is 64.1 Å². The van der Waals surface area contributed by atoms with E-state index < -0.39 is 17.7 Å². The first-order valence-corrected chi connectivity index (χ1v) is 5.89. The Hall–Kier alpha value is -1.33.